The van der Waals surface area contributed by atoms with Crippen molar-refractivity contribution in [2.45, 2.75) is 32.8 Å². The molecule has 0 aliphatic heterocycles. The molecule has 0 radical (unpaired) electrons. The van der Waals surface area contributed by atoms with Crippen LogP contribution in [0.25, 0.3) is 0 Å². The van der Waals surface area contributed by atoms with Crippen LogP contribution in [-0.4, -0.2) is 25.1 Å². The van der Waals surface area contributed by atoms with E-state index >= 15 is 0 Å². The number of ether oxygens (including phenoxy) is 2. The summed E-state index contributed by atoms with van der Waals surface area (Å²) in [5.41, 5.74) is 0.722. The van der Waals surface area contributed by atoms with E-state index in [-0.39, 0.29) is 6.42 Å². The lowest BCUT2D eigenvalue weighted by Crippen LogP contribution is -2.27. The molecule has 0 aromatic heterocycles. The highest BCUT2D eigenvalue weighted by Gasteiger charge is 2.16. The van der Waals surface area contributed by atoms with Gasteiger partial charge >= 0.3 is 6.09 Å². The number of hydrogen-bond donors (Lipinski definition) is 1. The van der Waals surface area contributed by atoms with Crippen molar-refractivity contribution in [2.24, 2.45) is 0 Å². The fourth-order valence-corrected chi connectivity index (χ4v) is 1.53. The van der Waals surface area contributed by atoms with Crippen molar-refractivity contribution in [2.75, 3.05) is 12.4 Å². The maximum Gasteiger partial charge on any atom is 0.412 e. The zero-order valence-corrected chi connectivity index (χ0v) is 11.6. The Morgan fingerprint density at radius 3 is 2.58 bits per heavy atom. The van der Waals surface area contributed by atoms with E-state index in [1.165, 1.54) is 7.11 Å². The Morgan fingerprint density at radius 1 is 1.37 bits per heavy atom. The van der Waals surface area contributed by atoms with Gasteiger partial charge in [-0.2, -0.15) is 0 Å². The molecule has 1 rings (SSSR count). The Morgan fingerprint density at radius 2 is 2.05 bits per heavy atom. The minimum Gasteiger partial charge on any atom is -0.496 e. The summed E-state index contributed by atoms with van der Waals surface area (Å²) in [5.74, 6) is 0.613. The van der Waals surface area contributed by atoms with Gasteiger partial charge in [-0.05, 0) is 39.0 Å². The van der Waals surface area contributed by atoms with Crippen molar-refractivity contribution < 1.29 is 19.1 Å². The second kappa shape index (κ2) is 6.22. The molecule has 0 heterocycles. The molecule has 19 heavy (non-hydrogen) atoms. The molecule has 0 atom stereocenters. The predicted octanol–water partition coefficient (Wildman–Crippen LogP) is 2.78. The molecule has 1 amide bonds. The number of amides is 1. The molecule has 5 nitrogen and oxygen atoms in total. The first-order valence-electron chi connectivity index (χ1n) is 5.96. The quantitative estimate of drug-likeness (QED) is 0.850. The van der Waals surface area contributed by atoms with Gasteiger partial charge in [0.2, 0.25) is 0 Å². The van der Waals surface area contributed by atoms with Crippen molar-refractivity contribution in [1.29, 1.82) is 0 Å². The van der Waals surface area contributed by atoms with Crippen LogP contribution in [-0.2, 0) is 16.0 Å². The highest BCUT2D eigenvalue weighted by Crippen LogP contribution is 2.23. The van der Waals surface area contributed by atoms with Gasteiger partial charge < -0.3 is 14.3 Å². The number of anilines is 1. The van der Waals surface area contributed by atoms with Crippen LogP contribution in [0.3, 0.4) is 0 Å². The van der Waals surface area contributed by atoms with Crippen molar-refractivity contribution in [1.82, 2.24) is 0 Å². The monoisotopic (exact) mass is 265 g/mol. The number of carbonyl (C=O) groups excluding carboxylic acids is 2. The van der Waals surface area contributed by atoms with Crippen molar-refractivity contribution in [3.63, 3.8) is 0 Å². The Bertz CT molecular complexity index is 463. The zero-order chi connectivity index (χ0) is 14.5. The molecule has 5 heteroatoms. The number of nitrogens with one attached hydrogen (secondary N) is 1. The van der Waals surface area contributed by atoms with Gasteiger partial charge in [0, 0.05) is 17.7 Å². The molecule has 0 aliphatic carbocycles. The van der Waals surface area contributed by atoms with Gasteiger partial charge in [-0.15, -0.1) is 0 Å². The Kier molecular flexibility index (Phi) is 4.92. The van der Waals surface area contributed by atoms with E-state index in [1.54, 1.807) is 39.0 Å². The van der Waals surface area contributed by atoms with Gasteiger partial charge in [-0.3, -0.25) is 5.32 Å². The summed E-state index contributed by atoms with van der Waals surface area (Å²) in [5, 5.41) is 2.62. The molecular formula is C14H19NO4. The van der Waals surface area contributed by atoms with E-state index in [0.29, 0.717) is 17.0 Å². The summed E-state index contributed by atoms with van der Waals surface area (Å²) in [7, 11) is 1.53. The maximum absolute atomic E-state index is 11.6. The molecular weight excluding hydrogens is 246 g/mol. The van der Waals surface area contributed by atoms with E-state index < -0.39 is 11.7 Å². The molecule has 0 saturated heterocycles. The first-order chi connectivity index (χ1) is 8.85. The highest BCUT2D eigenvalue weighted by atomic mass is 16.6. The number of aldehydes is 1. The fraction of sp³-hybridized carbons (Fsp3) is 0.429. The second-order valence-corrected chi connectivity index (χ2v) is 5.02. The van der Waals surface area contributed by atoms with E-state index in [4.69, 9.17) is 9.47 Å². The van der Waals surface area contributed by atoms with Crippen LogP contribution in [0.4, 0.5) is 10.5 Å². The van der Waals surface area contributed by atoms with Crippen LogP contribution in [0.15, 0.2) is 18.2 Å². The third-order valence-corrected chi connectivity index (χ3v) is 2.23. The molecule has 0 fully saturated rings. The molecule has 0 saturated carbocycles. The summed E-state index contributed by atoms with van der Waals surface area (Å²) in [6, 6.07) is 5.08. The Hall–Kier alpha value is -2.04. The standard InChI is InChI=1S/C14H19NO4/c1-14(2,3)19-13(17)15-11-5-6-12(18-4)10(9-11)7-8-16/h5-6,8-9H,7H2,1-4H3,(H,15,17). The number of rotatable bonds is 4. The lowest BCUT2D eigenvalue weighted by atomic mass is 10.1. The lowest BCUT2D eigenvalue weighted by molar-refractivity contribution is -0.107. The lowest BCUT2D eigenvalue weighted by Gasteiger charge is -2.20. The van der Waals surface area contributed by atoms with Crippen LogP contribution in [0, 0.1) is 0 Å². The van der Waals surface area contributed by atoms with Crippen molar-refractivity contribution >= 4 is 18.1 Å². The average molecular weight is 265 g/mol. The van der Waals surface area contributed by atoms with Crippen molar-refractivity contribution in [3.05, 3.63) is 23.8 Å². The van der Waals surface area contributed by atoms with Gasteiger partial charge in [0.1, 0.15) is 17.6 Å². The highest BCUT2D eigenvalue weighted by molar-refractivity contribution is 5.85. The summed E-state index contributed by atoms with van der Waals surface area (Å²) in [6.45, 7) is 5.37. The van der Waals surface area contributed by atoms with Crippen LogP contribution < -0.4 is 10.1 Å². The number of benzene rings is 1. The SMILES string of the molecule is COc1ccc(NC(=O)OC(C)(C)C)cc1CC=O. The molecule has 0 aliphatic rings. The smallest absolute Gasteiger partial charge is 0.412 e. The first kappa shape index (κ1) is 15.0. The predicted molar refractivity (Wildman–Crippen MR) is 72.6 cm³/mol. The minimum atomic E-state index is -0.553. The largest absolute Gasteiger partial charge is 0.496 e. The Balaban J connectivity index is 2.82. The van der Waals surface area contributed by atoms with Gasteiger partial charge in [0.25, 0.3) is 0 Å². The van der Waals surface area contributed by atoms with E-state index in [0.717, 1.165) is 6.29 Å². The average Bonchev–Trinajstić information content (AvgIpc) is 2.27. The van der Waals surface area contributed by atoms with Crippen LogP contribution in [0.1, 0.15) is 26.3 Å². The first-order valence-corrected chi connectivity index (χ1v) is 5.96. The van der Waals surface area contributed by atoms with E-state index in [1.807, 2.05) is 0 Å². The number of carbonyl (C=O) groups is 2. The molecule has 0 spiro atoms. The van der Waals surface area contributed by atoms with Gasteiger partial charge in [-0.25, -0.2) is 4.79 Å². The number of hydrogen-bond acceptors (Lipinski definition) is 4. The summed E-state index contributed by atoms with van der Waals surface area (Å²) in [4.78, 5) is 22.2. The summed E-state index contributed by atoms with van der Waals surface area (Å²) >= 11 is 0. The van der Waals surface area contributed by atoms with E-state index in [9.17, 15) is 9.59 Å². The van der Waals surface area contributed by atoms with Gasteiger partial charge in [-0.1, -0.05) is 0 Å². The molecule has 1 aromatic rings. The normalized spacial score (nSPS) is 10.7. The van der Waals surface area contributed by atoms with Gasteiger partial charge in [0.15, 0.2) is 0 Å². The summed E-state index contributed by atoms with van der Waals surface area (Å²) in [6.07, 6.45) is 0.483. The van der Waals surface area contributed by atoms with Crippen LogP contribution in [0.2, 0.25) is 0 Å². The van der Waals surface area contributed by atoms with Crippen LogP contribution >= 0.6 is 0 Å². The maximum atomic E-state index is 11.6. The van der Waals surface area contributed by atoms with Crippen LogP contribution in [0.5, 0.6) is 5.75 Å². The molecule has 0 unspecified atom stereocenters. The second-order valence-electron chi connectivity index (χ2n) is 5.02. The summed E-state index contributed by atoms with van der Waals surface area (Å²) < 4.78 is 10.3. The molecule has 0 bridgehead atoms. The Labute approximate surface area is 112 Å². The topological polar surface area (TPSA) is 64.6 Å². The minimum absolute atomic E-state index is 0.229. The third-order valence-electron chi connectivity index (χ3n) is 2.23. The fourth-order valence-electron chi connectivity index (χ4n) is 1.53. The van der Waals surface area contributed by atoms with Gasteiger partial charge in [0.05, 0.1) is 7.11 Å². The molecule has 1 N–H and O–H groups in total. The van der Waals surface area contributed by atoms with E-state index in [2.05, 4.69) is 5.32 Å². The number of methoxy groups -OCH3 is 1. The molecule has 1 aromatic carbocycles. The third kappa shape index (κ3) is 4.99. The molecule has 104 valence electrons. The van der Waals surface area contributed by atoms with Crippen molar-refractivity contribution in [3.8, 4) is 5.75 Å². The zero-order valence-electron chi connectivity index (χ0n) is 11.6.